The Kier molecular flexibility index (Phi) is 4.34. The fourth-order valence-electron chi connectivity index (χ4n) is 0.865. The summed E-state index contributed by atoms with van der Waals surface area (Å²) in [6.45, 7) is 0. The number of hydrogen-bond donors (Lipinski definition) is 0. The van der Waals surface area contributed by atoms with Crippen LogP contribution in [0, 0.1) is 0 Å². The van der Waals surface area contributed by atoms with E-state index in [0.29, 0.717) is 16.1 Å². The zero-order valence-electron chi connectivity index (χ0n) is 6.53. The molecule has 0 saturated heterocycles. The van der Waals surface area contributed by atoms with Gasteiger partial charge in [0.25, 0.3) is 0 Å². The topological polar surface area (TPSA) is 0 Å². The van der Waals surface area contributed by atoms with Crippen LogP contribution in [-0.4, -0.2) is 4.32 Å². The summed E-state index contributed by atoms with van der Waals surface area (Å²) in [4.78, 5) is 0. The molecule has 0 fully saturated rings. The van der Waals surface area contributed by atoms with Crippen molar-refractivity contribution in [1.82, 2.24) is 0 Å². The quantitative estimate of drug-likeness (QED) is 0.396. The summed E-state index contributed by atoms with van der Waals surface area (Å²) in [6, 6.07) is 4.81. The maximum atomic E-state index is 5.85. The molecule has 6 heteroatoms. The van der Waals surface area contributed by atoms with Crippen molar-refractivity contribution in [3.8, 4) is 0 Å². The highest BCUT2D eigenvalue weighted by Crippen LogP contribution is 2.42. The fourth-order valence-corrected chi connectivity index (χ4v) is 1.98. The van der Waals surface area contributed by atoms with E-state index in [2.05, 4.69) is 0 Å². The smallest absolute Gasteiger partial charge is 0.0839 e. The minimum absolute atomic E-state index is 0.206. The lowest BCUT2D eigenvalue weighted by Gasteiger charge is -2.13. The van der Waals surface area contributed by atoms with Gasteiger partial charge in [0.05, 0.1) is 0 Å². The van der Waals surface area contributed by atoms with Crippen molar-refractivity contribution in [2.75, 3.05) is 0 Å². The summed E-state index contributed by atoms with van der Waals surface area (Å²) in [5, 5.41) is 0.363. The van der Waals surface area contributed by atoms with Crippen molar-refractivity contribution >= 4 is 74.5 Å². The highest BCUT2D eigenvalue weighted by Gasteiger charge is 2.26. The van der Waals surface area contributed by atoms with Gasteiger partial charge in [-0.2, -0.15) is 0 Å². The zero-order valence-corrected chi connectivity index (χ0v) is 11.1. The predicted octanol–water partition coefficient (Wildman–Crippen LogP) is 5.08. The van der Waals surface area contributed by atoms with Gasteiger partial charge in [-0.25, -0.2) is 0 Å². The Morgan fingerprint density at radius 3 is 2.21 bits per heavy atom. The first-order valence-electron chi connectivity index (χ1n) is 3.39. The predicted molar refractivity (Wildman–Crippen MR) is 68.2 cm³/mol. The maximum absolute atomic E-state index is 5.85. The molecule has 0 amide bonds. The lowest BCUT2D eigenvalue weighted by molar-refractivity contribution is 1.24. The first-order valence-corrected chi connectivity index (χ1v) is 5.69. The standard InChI is InChI=1S/C8H3Cl5S/c9-6-2-1-4(7(10)14)3-5(6)8(11,12)13/h1-3H. The van der Waals surface area contributed by atoms with Gasteiger partial charge in [0.15, 0.2) is 0 Å². The van der Waals surface area contributed by atoms with Crippen molar-refractivity contribution in [1.29, 1.82) is 0 Å². The Morgan fingerprint density at radius 1 is 1.21 bits per heavy atom. The minimum Gasteiger partial charge on any atom is -0.0839 e. The molecule has 0 N–H and O–H groups in total. The monoisotopic (exact) mass is 306 g/mol. The van der Waals surface area contributed by atoms with Crippen molar-refractivity contribution < 1.29 is 0 Å². The molecular weight excluding hydrogens is 305 g/mol. The molecule has 1 aromatic rings. The molecule has 0 atom stereocenters. The molecule has 0 heterocycles. The summed E-state index contributed by atoms with van der Waals surface area (Å²) in [6.07, 6.45) is 0. The normalized spacial score (nSPS) is 11.5. The SMILES string of the molecule is S=C(Cl)c1ccc(Cl)c(C(Cl)(Cl)Cl)c1. The molecule has 0 aliphatic heterocycles. The zero-order chi connectivity index (χ0) is 10.9. The van der Waals surface area contributed by atoms with E-state index in [1.54, 1.807) is 18.2 Å². The van der Waals surface area contributed by atoms with E-state index in [1.165, 1.54) is 0 Å². The van der Waals surface area contributed by atoms with Crippen LogP contribution in [-0.2, 0) is 3.79 Å². The van der Waals surface area contributed by atoms with Crippen molar-refractivity contribution in [2.45, 2.75) is 3.79 Å². The van der Waals surface area contributed by atoms with Crippen LogP contribution in [0.2, 0.25) is 5.02 Å². The van der Waals surface area contributed by atoms with Crippen molar-refractivity contribution in [2.24, 2.45) is 0 Å². The molecule has 14 heavy (non-hydrogen) atoms. The second-order valence-electron chi connectivity index (χ2n) is 2.47. The van der Waals surface area contributed by atoms with Crippen LogP contribution in [0.15, 0.2) is 18.2 Å². The Morgan fingerprint density at radius 2 is 1.79 bits per heavy atom. The summed E-state index contributed by atoms with van der Waals surface area (Å²) >= 11 is 33.4. The molecule has 0 radical (unpaired) electrons. The number of alkyl halides is 3. The second kappa shape index (κ2) is 4.73. The van der Waals surface area contributed by atoms with Crippen molar-refractivity contribution in [3.63, 3.8) is 0 Å². The molecule has 1 rings (SSSR count). The molecule has 0 aliphatic rings. The summed E-state index contributed by atoms with van der Waals surface area (Å²) in [5.41, 5.74) is 0.969. The van der Waals surface area contributed by atoms with Crippen molar-refractivity contribution in [3.05, 3.63) is 34.3 Å². The Bertz CT molecular complexity index is 368. The van der Waals surface area contributed by atoms with Gasteiger partial charge >= 0.3 is 0 Å². The van der Waals surface area contributed by atoms with Crippen LogP contribution < -0.4 is 0 Å². The average molecular weight is 308 g/mol. The molecule has 0 spiro atoms. The van der Waals surface area contributed by atoms with E-state index >= 15 is 0 Å². The van der Waals surface area contributed by atoms with Gasteiger partial charge in [0.1, 0.15) is 4.32 Å². The number of hydrogen-bond acceptors (Lipinski definition) is 1. The van der Waals surface area contributed by atoms with E-state index in [0.717, 1.165) is 0 Å². The van der Waals surface area contributed by atoms with Gasteiger partial charge in [-0.15, -0.1) is 0 Å². The highest BCUT2D eigenvalue weighted by molar-refractivity contribution is 7.83. The van der Waals surface area contributed by atoms with Gasteiger partial charge in [0, 0.05) is 16.1 Å². The molecule has 76 valence electrons. The molecule has 0 unspecified atom stereocenters. The van der Waals surface area contributed by atoms with Gasteiger partial charge < -0.3 is 0 Å². The molecular formula is C8H3Cl5S. The Hall–Kier alpha value is 0.760. The summed E-state index contributed by atoms with van der Waals surface area (Å²) < 4.78 is -1.37. The number of benzene rings is 1. The third-order valence-corrected chi connectivity index (χ3v) is 2.89. The number of halogens is 5. The summed E-state index contributed by atoms with van der Waals surface area (Å²) in [5.74, 6) is 0. The van der Waals surface area contributed by atoms with Crippen LogP contribution >= 0.6 is 70.2 Å². The van der Waals surface area contributed by atoms with E-state index in [9.17, 15) is 0 Å². The van der Waals surface area contributed by atoms with Crippen LogP contribution in [0.25, 0.3) is 0 Å². The number of thiocarbonyl (C=S) groups is 1. The van der Waals surface area contributed by atoms with E-state index < -0.39 is 3.79 Å². The fraction of sp³-hybridized carbons (Fsp3) is 0.125. The van der Waals surface area contributed by atoms with Gasteiger partial charge in [-0.1, -0.05) is 76.3 Å². The summed E-state index contributed by atoms with van der Waals surface area (Å²) in [7, 11) is 0. The van der Waals surface area contributed by atoms with Gasteiger partial charge in [-0.05, 0) is 12.1 Å². The van der Waals surface area contributed by atoms with E-state index in [4.69, 9.17) is 70.2 Å². The average Bonchev–Trinajstić information content (AvgIpc) is 2.02. The van der Waals surface area contributed by atoms with Crippen LogP contribution in [0.4, 0.5) is 0 Å². The van der Waals surface area contributed by atoms with Crippen LogP contribution in [0.3, 0.4) is 0 Å². The maximum Gasteiger partial charge on any atom is 0.217 e. The largest absolute Gasteiger partial charge is 0.217 e. The number of rotatable bonds is 1. The lowest BCUT2D eigenvalue weighted by atomic mass is 10.1. The van der Waals surface area contributed by atoms with Crippen LogP contribution in [0.1, 0.15) is 11.1 Å². The van der Waals surface area contributed by atoms with E-state index in [-0.39, 0.29) is 4.32 Å². The van der Waals surface area contributed by atoms with Gasteiger partial charge in [-0.3, -0.25) is 0 Å². The van der Waals surface area contributed by atoms with Crippen LogP contribution in [0.5, 0.6) is 0 Å². The molecule has 0 aromatic heterocycles. The Labute approximate surface area is 112 Å². The second-order valence-corrected chi connectivity index (χ2v) is 6.16. The molecule has 0 saturated carbocycles. The third-order valence-electron chi connectivity index (χ3n) is 1.50. The Balaban J connectivity index is 3.29. The van der Waals surface area contributed by atoms with Gasteiger partial charge in [0.2, 0.25) is 3.79 Å². The first-order chi connectivity index (χ1) is 6.32. The third kappa shape index (κ3) is 3.13. The first kappa shape index (κ1) is 12.8. The van der Waals surface area contributed by atoms with E-state index in [1.807, 2.05) is 0 Å². The molecule has 0 aliphatic carbocycles. The molecule has 1 aromatic carbocycles. The highest BCUT2D eigenvalue weighted by atomic mass is 35.6. The molecule has 0 bridgehead atoms. The lowest BCUT2D eigenvalue weighted by Crippen LogP contribution is -2.03. The minimum atomic E-state index is -1.57. The molecule has 0 nitrogen and oxygen atoms in total.